The SMILES string of the molecule is CC(C)NC(=O)CN1C(=O)S/C(=C/C(=O)O)C1=O. The molecule has 0 saturated carbocycles. The number of carboxylic acid groups (broad SMARTS) is 1. The second kappa shape index (κ2) is 5.67. The molecule has 1 aliphatic rings. The van der Waals surface area contributed by atoms with Crippen LogP contribution in [0.3, 0.4) is 0 Å². The lowest BCUT2D eigenvalue weighted by atomic mass is 10.3. The van der Waals surface area contributed by atoms with E-state index in [0.717, 1.165) is 4.90 Å². The molecule has 0 aromatic heterocycles. The van der Waals surface area contributed by atoms with Crippen LogP contribution in [0.4, 0.5) is 4.79 Å². The van der Waals surface area contributed by atoms with Gasteiger partial charge in [0.1, 0.15) is 6.54 Å². The van der Waals surface area contributed by atoms with E-state index < -0.39 is 29.6 Å². The molecule has 1 saturated heterocycles. The molecule has 1 fully saturated rings. The number of carbonyl (C=O) groups excluding carboxylic acids is 3. The van der Waals surface area contributed by atoms with Crippen molar-refractivity contribution in [3.05, 3.63) is 11.0 Å². The second-order valence-corrected chi connectivity index (χ2v) is 4.82. The second-order valence-electron chi connectivity index (χ2n) is 3.83. The Kier molecular flexibility index (Phi) is 4.49. The molecule has 7 nitrogen and oxygen atoms in total. The van der Waals surface area contributed by atoms with Gasteiger partial charge in [-0.15, -0.1) is 0 Å². The van der Waals surface area contributed by atoms with Crippen LogP contribution in [0.2, 0.25) is 0 Å². The number of imide groups is 1. The highest BCUT2D eigenvalue weighted by Crippen LogP contribution is 2.29. The standard InChI is InChI=1S/C10H12N2O5S/c1-5(2)11-7(13)4-12-9(16)6(3-8(14)15)18-10(12)17/h3,5H,4H2,1-2H3,(H,11,13)(H,14,15)/b6-3+. The summed E-state index contributed by atoms with van der Waals surface area (Å²) in [6, 6.07) is -0.105. The predicted octanol–water partition coefficient (Wildman–Crippen LogP) is 0.175. The van der Waals surface area contributed by atoms with Crippen molar-refractivity contribution < 1.29 is 24.3 Å². The number of carboxylic acids is 1. The van der Waals surface area contributed by atoms with Crippen molar-refractivity contribution >= 4 is 34.8 Å². The molecule has 0 unspecified atom stereocenters. The smallest absolute Gasteiger partial charge is 0.329 e. The first kappa shape index (κ1) is 14.2. The molecular weight excluding hydrogens is 260 g/mol. The molecule has 0 bridgehead atoms. The molecule has 1 aliphatic heterocycles. The fourth-order valence-corrected chi connectivity index (χ4v) is 2.06. The number of aliphatic carboxylic acids is 1. The van der Waals surface area contributed by atoms with Gasteiger partial charge < -0.3 is 10.4 Å². The van der Waals surface area contributed by atoms with Gasteiger partial charge in [0, 0.05) is 12.1 Å². The summed E-state index contributed by atoms with van der Waals surface area (Å²) in [6.07, 6.45) is 0.658. The topological polar surface area (TPSA) is 104 Å². The van der Waals surface area contributed by atoms with E-state index in [4.69, 9.17) is 5.11 Å². The summed E-state index contributed by atoms with van der Waals surface area (Å²) in [5.41, 5.74) is 0. The minimum Gasteiger partial charge on any atom is -0.478 e. The van der Waals surface area contributed by atoms with Crippen molar-refractivity contribution in [2.45, 2.75) is 19.9 Å². The number of hydrogen-bond acceptors (Lipinski definition) is 5. The van der Waals surface area contributed by atoms with Crippen LogP contribution in [0, 0.1) is 0 Å². The van der Waals surface area contributed by atoms with E-state index in [1.807, 2.05) is 0 Å². The van der Waals surface area contributed by atoms with Crippen LogP contribution in [0.15, 0.2) is 11.0 Å². The number of nitrogens with one attached hydrogen (secondary N) is 1. The Labute approximate surface area is 107 Å². The maximum Gasteiger partial charge on any atom is 0.329 e. The van der Waals surface area contributed by atoms with E-state index in [-0.39, 0.29) is 10.9 Å². The van der Waals surface area contributed by atoms with Gasteiger partial charge in [0.15, 0.2) is 0 Å². The van der Waals surface area contributed by atoms with Crippen LogP contribution in [-0.4, -0.2) is 45.6 Å². The quantitative estimate of drug-likeness (QED) is 0.707. The van der Waals surface area contributed by atoms with Gasteiger partial charge in [-0.2, -0.15) is 0 Å². The highest BCUT2D eigenvalue weighted by Gasteiger charge is 2.36. The Morgan fingerprint density at radius 3 is 2.56 bits per heavy atom. The Morgan fingerprint density at radius 1 is 1.44 bits per heavy atom. The van der Waals surface area contributed by atoms with Crippen LogP contribution in [0.5, 0.6) is 0 Å². The van der Waals surface area contributed by atoms with Crippen molar-refractivity contribution in [3.63, 3.8) is 0 Å². The first-order valence-corrected chi connectivity index (χ1v) is 5.90. The molecule has 0 aliphatic carbocycles. The van der Waals surface area contributed by atoms with Crippen LogP contribution >= 0.6 is 11.8 Å². The summed E-state index contributed by atoms with van der Waals surface area (Å²) in [5.74, 6) is -2.54. The monoisotopic (exact) mass is 272 g/mol. The van der Waals surface area contributed by atoms with Gasteiger partial charge in [0.2, 0.25) is 5.91 Å². The average molecular weight is 272 g/mol. The molecule has 0 radical (unpaired) electrons. The van der Waals surface area contributed by atoms with E-state index in [9.17, 15) is 19.2 Å². The Bertz CT molecular complexity index is 444. The Balaban J connectivity index is 2.74. The first-order chi connectivity index (χ1) is 8.31. The van der Waals surface area contributed by atoms with Crippen LogP contribution < -0.4 is 5.32 Å². The van der Waals surface area contributed by atoms with E-state index in [1.165, 1.54) is 0 Å². The third kappa shape index (κ3) is 3.59. The molecule has 0 atom stereocenters. The van der Waals surface area contributed by atoms with Gasteiger partial charge in [-0.1, -0.05) is 0 Å². The van der Waals surface area contributed by atoms with Crippen molar-refractivity contribution in [2.24, 2.45) is 0 Å². The molecule has 1 rings (SSSR count). The molecule has 98 valence electrons. The average Bonchev–Trinajstić information content (AvgIpc) is 2.44. The highest BCUT2D eigenvalue weighted by molar-refractivity contribution is 8.18. The third-order valence-electron chi connectivity index (χ3n) is 1.88. The van der Waals surface area contributed by atoms with E-state index in [2.05, 4.69) is 5.32 Å². The predicted molar refractivity (Wildman–Crippen MR) is 63.7 cm³/mol. The van der Waals surface area contributed by atoms with E-state index in [0.29, 0.717) is 17.8 Å². The molecule has 2 N–H and O–H groups in total. The van der Waals surface area contributed by atoms with E-state index in [1.54, 1.807) is 13.8 Å². The molecular formula is C10H12N2O5S. The molecule has 1 heterocycles. The molecule has 0 aromatic rings. The third-order valence-corrected chi connectivity index (χ3v) is 2.79. The minimum absolute atomic E-state index is 0.105. The zero-order valence-electron chi connectivity index (χ0n) is 9.80. The minimum atomic E-state index is -1.31. The van der Waals surface area contributed by atoms with Crippen LogP contribution in [-0.2, 0) is 14.4 Å². The summed E-state index contributed by atoms with van der Waals surface area (Å²) in [5, 5.41) is 10.4. The van der Waals surface area contributed by atoms with Gasteiger partial charge in [-0.3, -0.25) is 19.3 Å². The maximum absolute atomic E-state index is 11.6. The van der Waals surface area contributed by atoms with Crippen molar-refractivity contribution in [2.75, 3.05) is 6.54 Å². The number of thioether (sulfide) groups is 1. The van der Waals surface area contributed by atoms with Crippen molar-refractivity contribution in [1.29, 1.82) is 0 Å². The molecule has 0 spiro atoms. The summed E-state index contributed by atoms with van der Waals surface area (Å²) >= 11 is 0.509. The lowest BCUT2D eigenvalue weighted by Gasteiger charge is -2.13. The van der Waals surface area contributed by atoms with Gasteiger partial charge in [0.25, 0.3) is 11.1 Å². The fourth-order valence-electron chi connectivity index (χ4n) is 1.26. The van der Waals surface area contributed by atoms with Crippen LogP contribution in [0.25, 0.3) is 0 Å². The van der Waals surface area contributed by atoms with E-state index >= 15 is 0 Å². The lowest BCUT2D eigenvalue weighted by Crippen LogP contribution is -2.41. The molecule has 18 heavy (non-hydrogen) atoms. The Hall–Kier alpha value is -1.83. The van der Waals surface area contributed by atoms with Crippen LogP contribution in [0.1, 0.15) is 13.8 Å². The maximum atomic E-state index is 11.6. The summed E-state index contributed by atoms with van der Waals surface area (Å²) < 4.78 is 0. The Morgan fingerprint density at radius 2 is 2.06 bits per heavy atom. The van der Waals surface area contributed by atoms with Crippen molar-refractivity contribution in [3.8, 4) is 0 Å². The lowest BCUT2D eigenvalue weighted by molar-refractivity contribution is -0.132. The van der Waals surface area contributed by atoms with Gasteiger partial charge in [-0.25, -0.2) is 4.79 Å². The summed E-state index contributed by atoms with van der Waals surface area (Å²) in [6.45, 7) is 3.09. The highest BCUT2D eigenvalue weighted by atomic mass is 32.2. The largest absolute Gasteiger partial charge is 0.478 e. The zero-order valence-corrected chi connectivity index (χ0v) is 10.6. The number of amides is 3. The number of nitrogens with zero attached hydrogens (tertiary/aromatic N) is 1. The van der Waals surface area contributed by atoms with Crippen molar-refractivity contribution in [1.82, 2.24) is 10.2 Å². The number of carbonyl (C=O) groups is 4. The molecule has 0 aromatic carbocycles. The normalized spacial score (nSPS) is 17.7. The summed E-state index contributed by atoms with van der Waals surface area (Å²) in [7, 11) is 0. The molecule has 3 amide bonds. The van der Waals surface area contributed by atoms with Gasteiger partial charge >= 0.3 is 5.97 Å². The number of hydrogen-bond donors (Lipinski definition) is 2. The fraction of sp³-hybridized carbons (Fsp3) is 0.400. The molecule has 8 heteroatoms. The number of rotatable bonds is 4. The van der Waals surface area contributed by atoms with Gasteiger partial charge in [-0.05, 0) is 25.6 Å². The summed E-state index contributed by atoms with van der Waals surface area (Å²) in [4.78, 5) is 45.5. The van der Waals surface area contributed by atoms with Gasteiger partial charge in [0.05, 0.1) is 4.91 Å². The zero-order chi connectivity index (χ0) is 13.9. The first-order valence-electron chi connectivity index (χ1n) is 5.09.